The molecule has 0 bridgehead atoms. The van der Waals surface area contributed by atoms with E-state index >= 15 is 0 Å². The minimum absolute atomic E-state index is 0. The Labute approximate surface area is 192 Å². The van der Waals surface area contributed by atoms with Crippen molar-refractivity contribution < 1.29 is 14.2 Å². The van der Waals surface area contributed by atoms with Gasteiger partial charge in [-0.3, -0.25) is 9.89 Å². The standard InChI is InChI=1S/C21H36N4O3.HI/c1-5-27-18-7-8-20(28-6-2)19(14-18)24-21(22)23-15-17(13-16(3)4)25-9-11-26-12-10-25;/h7-8,14,16-17H,5-6,9-13,15H2,1-4H3,(H3,22,23,24);1H. The van der Waals surface area contributed by atoms with Crippen LogP contribution in [0.4, 0.5) is 5.69 Å². The fraction of sp³-hybridized carbons (Fsp3) is 0.667. The maximum absolute atomic E-state index is 6.20. The second-order valence-corrected chi connectivity index (χ2v) is 7.31. The summed E-state index contributed by atoms with van der Waals surface area (Å²) in [6, 6.07) is 6.04. The van der Waals surface area contributed by atoms with Gasteiger partial charge in [0.25, 0.3) is 0 Å². The average molecular weight is 520 g/mol. The van der Waals surface area contributed by atoms with E-state index in [1.54, 1.807) is 0 Å². The fourth-order valence-electron chi connectivity index (χ4n) is 3.35. The number of morpholine rings is 1. The molecular weight excluding hydrogens is 483 g/mol. The van der Waals surface area contributed by atoms with E-state index in [2.05, 4.69) is 29.1 Å². The molecule has 1 fully saturated rings. The summed E-state index contributed by atoms with van der Waals surface area (Å²) in [6.07, 6.45) is 1.08. The molecule has 8 heteroatoms. The molecule has 3 N–H and O–H groups in total. The number of guanidine groups is 1. The van der Waals surface area contributed by atoms with Crippen LogP contribution in [0, 0.1) is 5.92 Å². The largest absolute Gasteiger partial charge is 0.494 e. The molecule has 1 aromatic rings. The first kappa shape index (κ1) is 25.8. The van der Waals surface area contributed by atoms with E-state index in [-0.39, 0.29) is 24.0 Å². The number of hydrogen-bond acceptors (Lipinski definition) is 5. The highest BCUT2D eigenvalue weighted by Crippen LogP contribution is 2.29. The van der Waals surface area contributed by atoms with Gasteiger partial charge in [-0.25, -0.2) is 0 Å². The van der Waals surface area contributed by atoms with E-state index in [9.17, 15) is 0 Å². The molecule has 29 heavy (non-hydrogen) atoms. The summed E-state index contributed by atoms with van der Waals surface area (Å²) < 4.78 is 16.8. The molecule has 1 aliphatic heterocycles. The van der Waals surface area contributed by atoms with Gasteiger partial charge in [-0.2, -0.15) is 0 Å². The quantitative estimate of drug-likeness (QED) is 0.279. The maximum Gasteiger partial charge on any atom is 0.193 e. The summed E-state index contributed by atoms with van der Waals surface area (Å²) in [5.74, 6) is 2.49. The first-order valence-electron chi connectivity index (χ1n) is 10.3. The van der Waals surface area contributed by atoms with Crippen LogP contribution in [0.15, 0.2) is 23.2 Å². The van der Waals surface area contributed by atoms with E-state index in [0.29, 0.717) is 37.7 Å². The van der Waals surface area contributed by atoms with Gasteiger partial charge in [-0.05, 0) is 38.3 Å². The van der Waals surface area contributed by atoms with Crippen molar-refractivity contribution in [3.8, 4) is 11.5 Å². The molecule has 0 saturated carbocycles. The maximum atomic E-state index is 6.20. The number of nitrogens with one attached hydrogen (secondary N) is 1. The van der Waals surface area contributed by atoms with Crippen LogP contribution in [0.5, 0.6) is 11.5 Å². The molecule has 1 heterocycles. The van der Waals surface area contributed by atoms with Crippen molar-refractivity contribution in [2.45, 2.75) is 40.2 Å². The second-order valence-electron chi connectivity index (χ2n) is 7.31. The summed E-state index contributed by atoms with van der Waals surface area (Å²) >= 11 is 0. The van der Waals surface area contributed by atoms with Crippen molar-refractivity contribution in [1.29, 1.82) is 0 Å². The zero-order valence-corrected chi connectivity index (χ0v) is 20.5. The van der Waals surface area contributed by atoms with Crippen molar-refractivity contribution in [3.05, 3.63) is 18.2 Å². The third-order valence-corrected chi connectivity index (χ3v) is 4.60. The highest BCUT2D eigenvalue weighted by Gasteiger charge is 2.21. The number of nitrogens with zero attached hydrogens (tertiary/aromatic N) is 2. The van der Waals surface area contributed by atoms with Gasteiger partial charge in [-0.1, -0.05) is 13.8 Å². The van der Waals surface area contributed by atoms with E-state index in [1.807, 2.05) is 32.0 Å². The number of aliphatic imine (C=N–C) groups is 1. The number of hydrogen-bond donors (Lipinski definition) is 2. The monoisotopic (exact) mass is 520 g/mol. The molecule has 1 aromatic carbocycles. The van der Waals surface area contributed by atoms with Crippen LogP contribution in [-0.4, -0.2) is 63.0 Å². The molecule has 1 unspecified atom stereocenters. The van der Waals surface area contributed by atoms with Gasteiger partial charge in [0.2, 0.25) is 0 Å². The van der Waals surface area contributed by atoms with Crippen molar-refractivity contribution in [3.63, 3.8) is 0 Å². The zero-order valence-electron chi connectivity index (χ0n) is 18.1. The number of benzene rings is 1. The van der Waals surface area contributed by atoms with E-state index in [0.717, 1.165) is 49.9 Å². The molecule has 2 rings (SSSR count). The number of rotatable bonds is 10. The lowest BCUT2D eigenvalue weighted by molar-refractivity contribution is 0.0143. The average Bonchev–Trinajstić information content (AvgIpc) is 2.68. The summed E-state index contributed by atoms with van der Waals surface area (Å²) in [5, 5.41) is 3.19. The molecule has 7 nitrogen and oxygen atoms in total. The van der Waals surface area contributed by atoms with Crippen molar-refractivity contribution in [1.82, 2.24) is 4.90 Å². The van der Waals surface area contributed by atoms with Crippen LogP contribution in [0.3, 0.4) is 0 Å². The van der Waals surface area contributed by atoms with Gasteiger partial charge >= 0.3 is 0 Å². The molecule has 0 aromatic heterocycles. The number of anilines is 1. The predicted octanol–water partition coefficient (Wildman–Crippen LogP) is 3.58. The predicted molar refractivity (Wildman–Crippen MR) is 130 cm³/mol. The van der Waals surface area contributed by atoms with Crippen LogP contribution in [0.25, 0.3) is 0 Å². The molecule has 1 saturated heterocycles. The Kier molecular flexibility index (Phi) is 12.3. The van der Waals surface area contributed by atoms with Gasteiger partial charge in [0.1, 0.15) is 11.5 Å². The van der Waals surface area contributed by atoms with E-state index in [1.165, 1.54) is 0 Å². The fourth-order valence-corrected chi connectivity index (χ4v) is 3.35. The number of nitrogens with two attached hydrogens (primary N) is 1. The number of halogens is 1. The van der Waals surface area contributed by atoms with Gasteiger partial charge in [-0.15, -0.1) is 24.0 Å². The van der Waals surface area contributed by atoms with E-state index < -0.39 is 0 Å². The molecule has 0 aliphatic carbocycles. The lowest BCUT2D eigenvalue weighted by Gasteiger charge is -2.34. The van der Waals surface area contributed by atoms with Gasteiger partial charge < -0.3 is 25.3 Å². The Balaban J connectivity index is 0.00000420. The summed E-state index contributed by atoms with van der Waals surface area (Å²) in [5.41, 5.74) is 6.97. The van der Waals surface area contributed by atoms with Gasteiger partial charge in [0.15, 0.2) is 5.96 Å². The van der Waals surface area contributed by atoms with Crippen LogP contribution >= 0.6 is 24.0 Å². The molecule has 0 radical (unpaired) electrons. The molecule has 166 valence electrons. The molecule has 0 amide bonds. The normalized spacial score (nSPS) is 16.2. The highest BCUT2D eigenvalue weighted by atomic mass is 127. The lowest BCUT2D eigenvalue weighted by Crippen LogP contribution is -2.46. The van der Waals surface area contributed by atoms with Gasteiger partial charge in [0, 0.05) is 25.2 Å². The first-order chi connectivity index (χ1) is 13.5. The third kappa shape index (κ3) is 8.96. The van der Waals surface area contributed by atoms with Crippen LogP contribution in [-0.2, 0) is 4.74 Å². The second kappa shape index (κ2) is 13.9. The Hall–Kier alpha value is -1.26. The smallest absolute Gasteiger partial charge is 0.193 e. The first-order valence-corrected chi connectivity index (χ1v) is 10.3. The molecular formula is C21H37IN4O3. The van der Waals surface area contributed by atoms with Gasteiger partial charge in [0.05, 0.1) is 38.7 Å². The van der Waals surface area contributed by atoms with E-state index in [4.69, 9.17) is 19.9 Å². The Morgan fingerprint density at radius 3 is 2.52 bits per heavy atom. The molecule has 1 aliphatic rings. The van der Waals surface area contributed by atoms with Crippen LogP contribution in [0.1, 0.15) is 34.1 Å². The van der Waals surface area contributed by atoms with Crippen molar-refractivity contribution in [2.24, 2.45) is 16.6 Å². The summed E-state index contributed by atoms with van der Waals surface area (Å²) in [7, 11) is 0. The topological polar surface area (TPSA) is 81.3 Å². The van der Waals surface area contributed by atoms with Crippen molar-refractivity contribution >= 4 is 35.6 Å². The minimum Gasteiger partial charge on any atom is -0.494 e. The Morgan fingerprint density at radius 1 is 1.21 bits per heavy atom. The third-order valence-electron chi connectivity index (χ3n) is 4.60. The number of ether oxygens (including phenoxy) is 3. The minimum atomic E-state index is 0. The highest BCUT2D eigenvalue weighted by molar-refractivity contribution is 14.0. The molecule has 1 atom stereocenters. The molecule has 0 spiro atoms. The van der Waals surface area contributed by atoms with Crippen LogP contribution < -0.4 is 20.5 Å². The Morgan fingerprint density at radius 2 is 1.90 bits per heavy atom. The van der Waals surface area contributed by atoms with Crippen LogP contribution in [0.2, 0.25) is 0 Å². The summed E-state index contributed by atoms with van der Waals surface area (Å²) in [6.45, 7) is 13.7. The zero-order chi connectivity index (χ0) is 20.4. The van der Waals surface area contributed by atoms with Crippen molar-refractivity contribution in [2.75, 3.05) is 51.4 Å². The Bertz CT molecular complexity index is 622. The SMILES string of the molecule is CCOc1ccc(OCC)c(NC(N)=NCC(CC(C)C)N2CCOCC2)c1.I. The lowest BCUT2D eigenvalue weighted by atomic mass is 10.0. The summed E-state index contributed by atoms with van der Waals surface area (Å²) in [4.78, 5) is 7.09.